The van der Waals surface area contributed by atoms with Crippen molar-refractivity contribution < 1.29 is 4.79 Å². The van der Waals surface area contributed by atoms with Gasteiger partial charge in [-0.3, -0.25) is 9.78 Å². The molecule has 1 heterocycles. The van der Waals surface area contributed by atoms with Gasteiger partial charge in [0.25, 0.3) is 5.91 Å². The number of pyridine rings is 1. The van der Waals surface area contributed by atoms with Crippen LogP contribution in [0, 0.1) is 24.2 Å². The van der Waals surface area contributed by atoms with Gasteiger partial charge >= 0.3 is 0 Å². The van der Waals surface area contributed by atoms with Gasteiger partial charge in [0.15, 0.2) is 0 Å². The number of nitrogens with zero attached hydrogens (tertiary/aromatic N) is 2. The minimum Gasteiger partial charge on any atom is -0.336 e. The topological polar surface area (TPSA) is 65.8 Å². The lowest BCUT2D eigenvalue weighted by atomic mass is 10.1. The van der Waals surface area contributed by atoms with Gasteiger partial charge in [-0.1, -0.05) is 13.8 Å². The summed E-state index contributed by atoms with van der Waals surface area (Å²) in [5, 5.41) is 11.6. The Morgan fingerprint density at radius 2 is 2.25 bits per heavy atom. The van der Waals surface area contributed by atoms with Gasteiger partial charge in [0.1, 0.15) is 6.04 Å². The fourth-order valence-electron chi connectivity index (χ4n) is 1.29. The fraction of sp³-hybridized carbons (Fsp3) is 0.417. The van der Waals surface area contributed by atoms with Crippen LogP contribution < -0.4 is 5.32 Å². The third-order valence-corrected chi connectivity index (χ3v) is 2.34. The van der Waals surface area contributed by atoms with E-state index in [1.54, 1.807) is 25.3 Å². The van der Waals surface area contributed by atoms with E-state index in [0.717, 1.165) is 0 Å². The van der Waals surface area contributed by atoms with Gasteiger partial charge in [-0.15, -0.1) is 0 Å². The molecule has 1 amide bonds. The van der Waals surface area contributed by atoms with Gasteiger partial charge in [0.05, 0.1) is 11.6 Å². The van der Waals surface area contributed by atoms with E-state index in [2.05, 4.69) is 16.4 Å². The van der Waals surface area contributed by atoms with Crippen molar-refractivity contribution in [2.45, 2.75) is 26.8 Å². The number of rotatable bonds is 3. The molecule has 4 nitrogen and oxygen atoms in total. The molecule has 0 bridgehead atoms. The zero-order valence-electron chi connectivity index (χ0n) is 9.69. The Bertz CT molecular complexity index is 421. The van der Waals surface area contributed by atoms with E-state index < -0.39 is 6.04 Å². The maximum atomic E-state index is 11.8. The van der Waals surface area contributed by atoms with Crippen molar-refractivity contribution in [3.8, 4) is 6.07 Å². The first-order chi connectivity index (χ1) is 7.56. The smallest absolute Gasteiger partial charge is 0.254 e. The minimum absolute atomic E-state index is 0.0888. The average molecular weight is 217 g/mol. The van der Waals surface area contributed by atoms with Crippen molar-refractivity contribution in [3.05, 3.63) is 29.6 Å². The van der Waals surface area contributed by atoms with Gasteiger partial charge in [0, 0.05) is 11.9 Å². The molecule has 0 aromatic carbocycles. The molecule has 1 aromatic rings. The number of carbonyl (C=O) groups is 1. The highest BCUT2D eigenvalue weighted by atomic mass is 16.1. The van der Waals surface area contributed by atoms with Crippen LogP contribution in [0.25, 0.3) is 0 Å². The molecule has 0 saturated heterocycles. The van der Waals surface area contributed by atoms with Crippen LogP contribution in [0.5, 0.6) is 0 Å². The number of nitriles is 1. The van der Waals surface area contributed by atoms with E-state index in [4.69, 9.17) is 5.26 Å². The summed E-state index contributed by atoms with van der Waals surface area (Å²) >= 11 is 0. The first kappa shape index (κ1) is 12.2. The summed E-state index contributed by atoms with van der Waals surface area (Å²) in [6.45, 7) is 5.56. The maximum Gasteiger partial charge on any atom is 0.254 e. The molecule has 1 unspecified atom stereocenters. The number of amides is 1. The number of carbonyl (C=O) groups excluding carboxylic acids is 1. The molecule has 0 aliphatic carbocycles. The summed E-state index contributed by atoms with van der Waals surface area (Å²) in [5.74, 6) is -0.156. The zero-order chi connectivity index (χ0) is 12.1. The van der Waals surface area contributed by atoms with E-state index >= 15 is 0 Å². The van der Waals surface area contributed by atoms with Crippen molar-refractivity contribution >= 4 is 5.91 Å². The molecule has 4 heteroatoms. The molecular formula is C12H15N3O. The Kier molecular flexibility index (Phi) is 4.01. The third-order valence-electron chi connectivity index (χ3n) is 2.34. The number of nitrogens with one attached hydrogen (secondary N) is 1. The number of hydrogen-bond acceptors (Lipinski definition) is 3. The maximum absolute atomic E-state index is 11.8. The molecule has 0 aliphatic heterocycles. The van der Waals surface area contributed by atoms with Gasteiger partial charge in [0.2, 0.25) is 0 Å². The lowest BCUT2D eigenvalue weighted by molar-refractivity contribution is 0.0936. The highest BCUT2D eigenvalue weighted by Crippen LogP contribution is 2.06. The molecule has 0 radical (unpaired) electrons. The predicted octanol–water partition coefficient (Wildman–Crippen LogP) is 1.67. The Morgan fingerprint density at radius 3 is 2.75 bits per heavy atom. The quantitative estimate of drug-likeness (QED) is 0.837. The SMILES string of the molecule is Cc1ncccc1C(=O)NC(C#N)C(C)C. The minimum atomic E-state index is -0.466. The van der Waals surface area contributed by atoms with Crippen LogP contribution in [0.4, 0.5) is 0 Å². The second kappa shape index (κ2) is 5.26. The first-order valence-corrected chi connectivity index (χ1v) is 5.18. The summed E-state index contributed by atoms with van der Waals surface area (Å²) in [7, 11) is 0. The van der Waals surface area contributed by atoms with Gasteiger partial charge < -0.3 is 5.32 Å². The Morgan fingerprint density at radius 1 is 1.56 bits per heavy atom. The average Bonchev–Trinajstić information content (AvgIpc) is 2.25. The van der Waals surface area contributed by atoms with E-state index in [1.165, 1.54) is 0 Å². The van der Waals surface area contributed by atoms with Gasteiger partial charge in [-0.2, -0.15) is 5.26 Å². The second-order valence-corrected chi connectivity index (χ2v) is 3.96. The molecule has 1 aromatic heterocycles. The predicted molar refractivity (Wildman–Crippen MR) is 60.7 cm³/mol. The van der Waals surface area contributed by atoms with Crippen LogP contribution >= 0.6 is 0 Å². The molecule has 0 spiro atoms. The van der Waals surface area contributed by atoms with E-state index in [9.17, 15) is 4.79 Å². The number of aromatic nitrogens is 1. The monoisotopic (exact) mass is 217 g/mol. The number of aryl methyl sites for hydroxylation is 1. The summed E-state index contributed by atoms with van der Waals surface area (Å²) < 4.78 is 0. The van der Waals surface area contributed by atoms with Gasteiger partial charge in [-0.05, 0) is 25.0 Å². The Hall–Kier alpha value is -1.89. The lowest BCUT2D eigenvalue weighted by Gasteiger charge is -2.15. The van der Waals surface area contributed by atoms with Crippen LogP contribution in [-0.2, 0) is 0 Å². The summed E-state index contributed by atoms with van der Waals surface area (Å²) in [6.07, 6.45) is 1.64. The molecule has 84 valence electrons. The van der Waals surface area contributed by atoms with Crippen molar-refractivity contribution in [3.63, 3.8) is 0 Å². The van der Waals surface area contributed by atoms with Crippen LogP contribution in [0.1, 0.15) is 29.9 Å². The highest BCUT2D eigenvalue weighted by Gasteiger charge is 2.17. The molecule has 16 heavy (non-hydrogen) atoms. The molecule has 0 fully saturated rings. The second-order valence-electron chi connectivity index (χ2n) is 3.96. The standard InChI is InChI=1S/C12H15N3O/c1-8(2)11(7-13)15-12(16)10-5-4-6-14-9(10)3/h4-6,8,11H,1-3H3,(H,15,16). The van der Waals surface area contributed by atoms with Crippen molar-refractivity contribution in [1.29, 1.82) is 5.26 Å². The lowest BCUT2D eigenvalue weighted by Crippen LogP contribution is -2.37. The van der Waals surface area contributed by atoms with Crippen LogP contribution in [0.3, 0.4) is 0 Å². The Labute approximate surface area is 95.3 Å². The molecule has 0 aliphatic rings. The van der Waals surface area contributed by atoms with Crippen molar-refractivity contribution in [1.82, 2.24) is 10.3 Å². The van der Waals surface area contributed by atoms with E-state index in [-0.39, 0.29) is 11.8 Å². The largest absolute Gasteiger partial charge is 0.336 e. The molecular weight excluding hydrogens is 202 g/mol. The Balaban J connectivity index is 2.81. The summed E-state index contributed by atoms with van der Waals surface area (Å²) in [6, 6.07) is 5.01. The van der Waals surface area contributed by atoms with Gasteiger partial charge in [-0.25, -0.2) is 0 Å². The van der Waals surface area contributed by atoms with Crippen molar-refractivity contribution in [2.75, 3.05) is 0 Å². The third kappa shape index (κ3) is 2.80. The molecule has 1 N–H and O–H groups in total. The first-order valence-electron chi connectivity index (χ1n) is 5.18. The van der Waals surface area contributed by atoms with Crippen LogP contribution in [0.15, 0.2) is 18.3 Å². The fourth-order valence-corrected chi connectivity index (χ4v) is 1.29. The van der Waals surface area contributed by atoms with Crippen LogP contribution in [0.2, 0.25) is 0 Å². The van der Waals surface area contributed by atoms with Crippen LogP contribution in [-0.4, -0.2) is 16.9 Å². The summed E-state index contributed by atoms with van der Waals surface area (Å²) in [4.78, 5) is 15.9. The van der Waals surface area contributed by atoms with Crippen molar-refractivity contribution in [2.24, 2.45) is 5.92 Å². The van der Waals surface area contributed by atoms with E-state index in [0.29, 0.717) is 11.3 Å². The summed E-state index contributed by atoms with van der Waals surface area (Å²) in [5.41, 5.74) is 1.18. The van der Waals surface area contributed by atoms with E-state index in [1.807, 2.05) is 13.8 Å². The molecule has 0 saturated carbocycles. The normalized spacial score (nSPS) is 11.9. The molecule has 1 atom stereocenters. The zero-order valence-corrected chi connectivity index (χ0v) is 9.69. The molecule has 1 rings (SSSR count). The highest BCUT2D eigenvalue weighted by molar-refractivity contribution is 5.95. The number of hydrogen-bond donors (Lipinski definition) is 1.